The molecule has 0 amide bonds. The molecule has 4 nitrogen and oxygen atoms in total. The standard InChI is InChI=1S/C11H21N3O/c1-4-9-6-11(14(3)13-9)7-12-10(5-2)8-15/h6,10,12,15H,4-5,7-8H2,1-3H3. The Morgan fingerprint density at radius 1 is 1.53 bits per heavy atom. The summed E-state index contributed by atoms with van der Waals surface area (Å²) < 4.78 is 1.90. The van der Waals surface area contributed by atoms with E-state index < -0.39 is 0 Å². The quantitative estimate of drug-likeness (QED) is 0.733. The number of hydrogen-bond acceptors (Lipinski definition) is 3. The average molecular weight is 211 g/mol. The van der Waals surface area contributed by atoms with Crippen molar-refractivity contribution in [2.75, 3.05) is 6.61 Å². The fraction of sp³-hybridized carbons (Fsp3) is 0.727. The first-order valence-electron chi connectivity index (χ1n) is 5.57. The maximum absolute atomic E-state index is 9.04. The number of aryl methyl sites for hydroxylation is 2. The normalized spacial score (nSPS) is 13.1. The van der Waals surface area contributed by atoms with Gasteiger partial charge in [0.1, 0.15) is 0 Å². The summed E-state index contributed by atoms with van der Waals surface area (Å²) in [5, 5.41) is 16.7. The molecule has 0 aliphatic rings. The van der Waals surface area contributed by atoms with Crippen LogP contribution in [0.3, 0.4) is 0 Å². The molecule has 0 spiro atoms. The highest BCUT2D eigenvalue weighted by Gasteiger charge is 2.07. The molecule has 0 aliphatic heterocycles. The first-order chi connectivity index (χ1) is 7.21. The molecule has 0 aliphatic carbocycles. The highest BCUT2D eigenvalue weighted by molar-refractivity contribution is 5.09. The van der Waals surface area contributed by atoms with E-state index in [9.17, 15) is 0 Å². The lowest BCUT2D eigenvalue weighted by molar-refractivity contribution is 0.237. The van der Waals surface area contributed by atoms with Crippen molar-refractivity contribution in [1.82, 2.24) is 15.1 Å². The Hall–Kier alpha value is -0.870. The van der Waals surface area contributed by atoms with E-state index >= 15 is 0 Å². The third kappa shape index (κ3) is 3.32. The van der Waals surface area contributed by atoms with Gasteiger partial charge < -0.3 is 10.4 Å². The van der Waals surface area contributed by atoms with Crippen LogP contribution in [0, 0.1) is 0 Å². The fourth-order valence-electron chi connectivity index (χ4n) is 1.50. The SMILES string of the molecule is CCc1cc(CNC(CC)CO)n(C)n1. The van der Waals surface area contributed by atoms with Crippen molar-refractivity contribution < 1.29 is 5.11 Å². The van der Waals surface area contributed by atoms with Gasteiger partial charge in [0.05, 0.1) is 18.0 Å². The summed E-state index contributed by atoms with van der Waals surface area (Å²) in [5.74, 6) is 0. The molecule has 1 unspecified atom stereocenters. The van der Waals surface area contributed by atoms with E-state index in [1.807, 2.05) is 11.7 Å². The molecule has 15 heavy (non-hydrogen) atoms. The highest BCUT2D eigenvalue weighted by Crippen LogP contribution is 2.04. The maximum atomic E-state index is 9.04. The first-order valence-corrected chi connectivity index (χ1v) is 5.57. The summed E-state index contributed by atoms with van der Waals surface area (Å²) >= 11 is 0. The van der Waals surface area contributed by atoms with Crippen LogP contribution in [0.15, 0.2) is 6.07 Å². The Bertz CT molecular complexity index is 292. The zero-order valence-corrected chi connectivity index (χ0v) is 9.82. The van der Waals surface area contributed by atoms with Crippen LogP contribution in [-0.2, 0) is 20.0 Å². The Morgan fingerprint density at radius 3 is 2.73 bits per heavy atom. The lowest BCUT2D eigenvalue weighted by Crippen LogP contribution is -2.31. The summed E-state index contributed by atoms with van der Waals surface area (Å²) in [5.41, 5.74) is 2.28. The third-order valence-electron chi connectivity index (χ3n) is 2.67. The second-order valence-electron chi connectivity index (χ2n) is 3.77. The van der Waals surface area contributed by atoms with Crippen LogP contribution in [0.4, 0.5) is 0 Å². The molecule has 0 aromatic carbocycles. The molecular formula is C11H21N3O. The largest absolute Gasteiger partial charge is 0.395 e. The van der Waals surface area contributed by atoms with Crippen molar-refractivity contribution in [2.45, 2.75) is 39.3 Å². The zero-order valence-electron chi connectivity index (χ0n) is 9.82. The van der Waals surface area contributed by atoms with Crippen LogP contribution < -0.4 is 5.32 Å². The summed E-state index contributed by atoms with van der Waals surface area (Å²) in [7, 11) is 1.95. The van der Waals surface area contributed by atoms with E-state index in [0.29, 0.717) is 0 Å². The second kappa shape index (κ2) is 5.88. The minimum Gasteiger partial charge on any atom is -0.395 e. The average Bonchev–Trinajstić information content (AvgIpc) is 2.61. The second-order valence-corrected chi connectivity index (χ2v) is 3.77. The topological polar surface area (TPSA) is 50.1 Å². The Balaban J connectivity index is 2.52. The molecule has 2 N–H and O–H groups in total. The molecule has 1 aromatic rings. The van der Waals surface area contributed by atoms with Crippen molar-refractivity contribution in [3.05, 3.63) is 17.5 Å². The van der Waals surface area contributed by atoms with E-state index in [4.69, 9.17) is 5.11 Å². The lowest BCUT2D eigenvalue weighted by Gasteiger charge is -2.13. The highest BCUT2D eigenvalue weighted by atomic mass is 16.3. The number of aliphatic hydroxyl groups is 1. The van der Waals surface area contributed by atoms with Gasteiger partial charge in [-0.1, -0.05) is 13.8 Å². The summed E-state index contributed by atoms with van der Waals surface area (Å²) in [6, 6.07) is 2.29. The molecule has 1 rings (SSSR count). The monoisotopic (exact) mass is 211 g/mol. The smallest absolute Gasteiger partial charge is 0.0625 e. The molecule has 1 heterocycles. The number of hydrogen-bond donors (Lipinski definition) is 2. The number of rotatable bonds is 6. The Kier molecular flexibility index (Phi) is 4.78. The van der Waals surface area contributed by atoms with Crippen LogP contribution in [0.5, 0.6) is 0 Å². The van der Waals surface area contributed by atoms with Crippen molar-refractivity contribution in [1.29, 1.82) is 0 Å². The summed E-state index contributed by atoms with van der Waals surface area (Å²) in [4.78, 5) is 0. The fourth-order valence-corrected chi connectivity index (χ4v) is 1.50. The third-order valence-corrected chi connectivity index (χ3v) is 2.67. The van der Waals surface area contributed by atoms with E-state index in [1.54, 1.807) is 0 Å². The van der Waals surface area contributed by atoms with Gasteiger partial charge >= 0.3 is 0 Å². The zero-order chi connectivity index (χ0) is 11.3. The van der Waals surface area contributed by atoms with E-state index in [1.165, 1.54) is 5.69 Å². The van der Waals surface area contributed by atoms with Gasteiger partial charge in [-0.3, -0.25) is 4.68 Å². The molecule has 1 aromatic heterocycles. The maximum Gasteiger partial charge on any atom is 0.0625 e. The molecule has 0 saturated heterocycles. The molecule has 0 saturated carbocycles. The van der Waals surface area contributed by atoms with E-state index in [0.717, 1.165) is 25.1 Å². The van der Waals surface area contributed by atoms with Gasteiger partial charge in [-0.25, -0.2) is 0 Å². The summed E-state index contributed by atoms with van der Waals surface area (Å²) in [6.45, 7) is 5.12. The first kappa shape index (κ1) is 12.2. The van der Waals surface area contributed by atoms with Crippen LogP contribution in [-0.4, -0.2) is 27.5 Å². The van der Waals surface area contributed by atoms with Crippen LogP contribution >= 0.6 is 0 Å². The Morgan fingerprint density at radius 2 is 2.27 bits per heavy atom. The minimum absolute atomic E-state index is 0.185. The van der Waals surface area contributed by atoms with Gasteiger partial charge in [0, 0.05) is 19.6 Å². The van der Waals surface area contributed by atoms with Gasteiger partial charge in [0.25, 0.3) is 0 Å². The number of aromatic nitrogens is 2. The van der Waals surface area contributed by atoms with Crippen molar-refractivity contribution in [3.8, 4) is 0 Å². The molecule has 1 atom stereocenters. The van der Waals surface area contributed by atoms with Crippen LogP contribution in [0.2, 0.25) is 0 Å². The Labute approximate surface area is 91.3 Å². The molecule has 86 valence electrons. The summed E-state index contributed by atoms with van der Waals surface area (Å²) in [6.07, 6.45) is 1.90. The number of nitrogens with zero attached hydrogens (tertiary/aromatic N) is 2. The van der Waals surface area contributed by atoms with Crippen LogP contribution in [0.1, 0.15) is 31.7 Å². The molecular weight excluding hydrogens is 190 g/mol. The van der Waals surface area contributed by atoms with Gasteiger partial charge in [-0.15, -0.1) is 0 Å². The van der Waals surface area contributed by atoms with Crippen molar-refractivity contribution in [2.24, 2.45) is 7.05 Å². The number of nitrogens with one attached hydrogen (secondary N) is 1. The molecule has 0 bridgehead atoms. The minimum atomic E-state index is 0.185. The molecule has 4 heteroatoms. The van der Waals surface area contributed by atoms with Gasteiger partial charge in [-0.05, 0) is 18.9 Å². The molecule has 0 fully saturated rings. The molecule has 0 radical (unpaired) electrons. The van der Waals surface area contributed by atoms with Gasteiger partial charge in [0.2, 0.25) is 0 Å². The van der Waals surface area contributed by atoms with E-state index in [2.05, 4.69) is 30.3 Å². The van der Waals surface area contributed by atoms with Gasteiger partial charge in [-0.2, -0.15) is 5.10 Å². The number of aliphatic hydroxyl groups excluding tert-OH is 1. The van der Waals surface area contributed by atoms with E-state index in [-0.39, 0.29) is 12.6 Å². The van der Waals surface area contributed by atoms with Crippen LogP contribution in [0.25, 0.3) is 0 Å². The lowest BCUT2D eigenvalue weighted by atomic mass is 10.2. The predicted octanol–water partition coefficient (Wildman–Crippen LogP) is 0.843. The van der Waals surface area contributed by atoms with Crippen molar-refractivity contribution in [3.63, 3.8) is 0 Å². The predicted molar refractivity (Wildman–Crippen MR) is 60.6 cm³/mol. The van der Waals surface area contributed by atoms with Crippen molar-refractivity contribution >= 4 is 0 Å². The van der Waals surface area contributed by atoms with Gasteiger partial charge in [0.15, 0.2) is 0 Å².